The summed E-state index contributed by atoms with van der Waals surface area (Å²) in [5.74, 6) is 0.575. The van der Waals surface area contributed by atoms with E-state index in [1.54, 1.807) is 4.31 Å². The first-order valence-corrected chi connectivity index (χ1v) is 7.73. The number of hydrogen-bond acceptors (Lipinski definition) is 3. The summed E-state index contributed by atoms with van der Waals surface area (Å²) in [5.41, 5.74) is 0. The predicted octanol–water partition coefficient (Wildman–Crippen LogP) is 1.29. The van der Waals surface area contributed by atoms with Crippen LogP contribution < -0.4 is 5.32 Å². The highest BCUT2D eigenvalue weighted by Gasteiger charge is 2.20. The van der Waals surface area contributed by atoms with Gasteiger partial charge in [0.25, 0.3) is 0 Å². The fraction of sp³-hybridized carbons (Fsp3) is 1.00. The van der Waals surface area contributed by atoms with Gasteiger partial charge in [-0.3, -0.25) is 0 Å². The molecule has 5 heteroatoms. The Balaban J connectivity index is 4.16. The smallest absolute Gasteiger partial charge is 0.215 e. The van der Waals surface area contributed by atoms with E-state index in [1.165, 1.54) is 0 Å². The SMILES string of the molecule is CCCNCCS(=O)(=O)N(CC)CC(C)C. The van der Waals surface area contributed by atoms with Crippen LogP contribution in [-0.4, -0.2) is 44.7 Å². The van der Waals surface area contributed by atoms with Gasteiger partial charge in [0.05, 0.1) is 5.75 Å². The number of sulfonamides is 1. The largest absolute Gasteiger partial charge is 0.316 e. The van der Waals surface area contributed by atoms with Gasteiger partial charge in [0.15, 0.2) is 0 Å². The summed E-state index contributed by atoms with van der Waals surface area (Å²) in [6.45, 7) is 10.6. The molecule has 0 saturated heterocycles. The van der Waals surface area contributed by atoms with Gasteiger partial charge >= 0.3 is 0 Å². The molecule has 0 aliphatic rings. The Hall–Kier alpha value is -0.130. The van der Waals surface area contributed by atoms with E-state index in [0.29, 0.717) is 25.6 Å². The van der Waals surface area contributed by atoms with Crippen LogP contribution in [0, 0.1) is 5.92 Å². The van der Waals surface area contributed by atoms with Crippen LogP contribution >= 0.6 is 0 Å². The van der Waals surface area contributed by atoms with Gasteiger partial charge in [-0.05, 0) is 18.9 Å². The van der Waals surface area contributed by atoms with E-state index in [0.717, 1.165) is 13.0 Å². The van der Waals surface area contributed by atoms with Crippen LogP contribution in [0.25, 0.3) is 0 Å². The maximum absolute atomic E-state index is 11.9. The molecule has 0 atom stereocenters. The average Bonchev–Trinajstić information content (AvgIpc) is 2.20. The Kier molecular flexibility index (Phi) is 7.97. The lowest BCUT2D eigenvalue weighted by Crippen LogP contribution is -2.38. The lowest BCUT2D eigenvalue weighted by Gasteiger charge is -2.22. The molecule has 0 spiro atoms. The minimum Gasteiger partial charge on any atom is -0.316 e. The highest BCUT2D eigenvalue weighted by molar-refractivity contribution is 7.89. The minimum absolute atomic E-state index is 0.202. The zero-order chi connectivity index (χ0) is 12.6. The zero-order valence-electron chi connectivity index (χ0n) is 11.0. The summed E-state index contributed by atoms with van der Waals surface area (Å²) in [4.78, 5) is 0. The fourth-order valence-electron chi connectivity index (χ4n) is 1.48. The van der Waals surface area contributed by atoms with E-state index >= 15 is 0 Å². The van der Waals surface area contributed by atoms with Crippen LogP contribution in [-0.2, 0) is 10.0 Å². The molecule has 0 rings (SSSR count). The van der Waals surface area contributed by atoms with Crippen molar-refractivity contribution in [1.29, 1.82) is 0 Å². The van der Waals surface area contributed by atoms with Gasteiger partial charge in [-0.1, -0.05) is 27.7 Å². The third kappa shape index (κ3) is 6.45. The molecule has 1 N–H and O–H groups in total. The third-order valence-corrected chi connectivity index (χ3v) is 4.19. The number of hydrogen-bond donors (Lipinski definition) is 1. The molecule has 0 aromatic rings. The second-order valence-electron chi connectivity index (χ2n) is 4.41. The molecule has 0 heterocycles. The highest BCUT2D eigenvalue weighted by Crippen LogP contribution is 2.05. The first kappa shape index (κ1) is 15.9. The summed E-state index contributed by atoms with van der Waals surface area (Å²) in [5, 5.41) is 3.12. The first-order chi connectivity index (χ1) is 7.44. The summed E-state index contributed by atoms with van der Waals surface area (Å²) >= 11 is 0. The molecule has 0 aliphatic heterocycles. The van der Waals surface area contributed by atoms with Crippen LogP contribution in [0.15, 0.2) is 0 Å². The molecule has 0 bridgehead atoms. The molecule has 4 nitrogen and oxygen atoms in total. The first-order valence-electron chi connectivity index (χ1n) is 6.12. The minimum atomic E-state index is -3.08. The van der Waals surface area contributed by atoms with Crippen molar-refractivity contribution in [1.82, 2.24) is 9.62 Å². The van der Waals surface area contributed by atoms with Gasteiger partial charge < -0.3 is 5.32 Å². The Bertz CT molecular complexity index is 263. The molecule has 0 aromatic heterocycles. The van der Waals surface area contributed by atoms with Gasteiger partial charge in [0, 0.05) is 19.6 Å². The second-order valence-corrected chi connectivity index (χ2v) is 6.50. The van der Waals surface area contributed by atoms with E-state index in [-0.39, 0.29) is 5.75 Å². The monoisotopic (exact) mass is 250 g/mol. The van der Waals surface area contributed by atoms with E-state index in [9.17, 15) is 8.42 Å². The molecule has 0 amide bonds. The van der Waals surface area contributed by atoms with Crippen molar-refractivity contribution in [2.24, 2.45) is 5.92 Å². The van der Waals surface area contributed by atoms with Crippen LogP contribution in [0.3, 0.4) is 0 Å². The second kappa shape index (κ2) is 8.03. The maximum atomic E-state index is 11.9. The molecule has 16 heavy (non-hydrogen) atoms. The third-order valence-electron chi connectivity index (χ3n) is 2.28. The van der Waals surface area contributed by atoms with Crippen molar-refractivity contribution in [3.8, 4) is 0 Å². The van der Waals surface area contributed by atoms with E-state index in [4.69, 9.17) is 0 Å². The quantitative estimate of drug-likeness (QED) is 0.627. The van der Waals surface area contributed by atoms with Crippen molar-refractivity contribution in [2.75, 3.05) is 31.9 Å². The summed E-state index contributed by atoms with van der Waals surface area (Å²) in [6.07, 6.45) is 1.03. The summed E-state index contributed by atoms with van der Waals surface area (Å²) in [6, 6.07) is 0. The van der Waals surface area contributed by atoms with Crippen molar-refractivity contribution in [3.05, 3.63) is 0 Å². The van der Waals surface area contributed by atoms with Gasteiger partial charge in [0.1, 0.15) is 0 Å². The lowest BCUT2D eigenvalue weighted by molar-refractivity contribution is 0.380. The zero-order valence-corrected chi connectivity index (χ0v) is 11.8. The molecule has 0 aliphatic carbocycles. The van der Waals surface area contributed by atoms with Crippen molar-refractivity contribution >= 4 is 10.0 Å². The number of nitrogens with zero attached hydrogens (tertiary/aromatic N) is 1. The Morgan fingerprint density at radius 2 is 1.81 bits per heavy atom. The van der Waals surface area contributed by atoms with Crippen molar-refractivity contribution in [2.45, 2.75) is 34.1 Å². The topological polar surface area (TPSA) is 49.4 Å². The van der Waals surface area contributed by atoms with Gasteiger partial charge in [-0.25, -0.2) is 12.7 Å². The Labute approximate surface area is 100 Å². The van der Waals surface area contributed by atoms with Crippen LogP contribution in [0.5, 0.6) is 0 Å². The van der Waals surface area contributed by atoms with Crippen molar-refractivity contribution in [3.63, 3.8) is 0 Å². The molecule has 0 aromatic carbocycles. The van der Waals surface area contributed by atoms with Crippen molar-refractivity contribution < 1.29 is 8.42 Å². The molecule has 0 saturated carbocycles. The highest BCUT2D eigenvalue weighted by atomic mass is 32.2. The van der Waals surface area contributed by atoms with Gasteiger partial charge in [-0.2, -0.15) is 0 Å². The number of rotatable bonds is 9. The molecule has 0 fully saturated rings. The Morgan fingerprint density at radius 3 is 2.25 bits per heavy atom. The van der Waals surface area contributed by atoms with E-state index in [1.807, 2.05) is 20.8 Å². The Morgan fingerprint density at radius 1 is 1.19 bits per heavy atom. The maximum Gasteiger partial charge on any atom is 0.215 e. The molecule has 0 unspecified atom stereocenters. The van der Waals surface area contributed by atoms with E-state index < -0.39 is 10.0 Å². The average molecular weight is 250 g/mol. The van der Waals surface area contributed by atoms with E-state index in [2.05, 4.69) is 12.2 Å². The normalized spacial score (nSPS) is 12.6. The van der Waals surface area contributed by atoms with Gasteiger partial charge in [0.2, 0.25) is 10.0 Å². The fourth-order valence-corrected chi connectivity index (χ4v) is 3.06. The lowest BCUT2D eigenvalue weighted by atomic mass is 10.2. The number of nitrogens with one attached hydrogen (secondary N) is 1. The standard InChI is InChI=1S/C11H26N2O2S/c1-5-7-12-8-9-16(14,15)13(6-2)10-11(3)4/h11-12H,5-10H2,1-4H3. The molecule has 0 radical (unpaired) electrons. The van der Waals surface area contributed by atoms with Crippen LogP contribution in [0.1, 0.15) is 34.1 Å². The van der Waals surface area contributed by atoms with Crippen LogP contribution in [0.4, 0.5) is 0 Å². The molecule has 98 valence electrons. The summed E-state index contributed by atoms with van der Waals surface area (Å²) in [7, 11) is -3.08. The molecular weight excluding hydrogens is 224 g/mol. The predicted molar refractivity (Wildman–Crippen MR) is 69.0 cm³/mol. The van der Waals surface area contributed by atoms with Gasteiger partial charge in [-0.15, -0.1) is 0 Å². The molecular formula is C11H26N2O2S. The van der Waals surface area contributed by atoms with Crippen LogP contribution in [0.2, 0.25) is 0 Å². The summed E-state index contributed by atoms with van der Waals surface area (Å²) < 4.78 is 25.5.